The molecule has 1 saturated heterocycles. The molecule has 9 N–H and O–H groups in total. The normalized spacial score (nSPS) is 29.0. The highest BCUT2D eigenvalue weighted by Crippen LogP contribution is 1.98. The van der Waals surface area contributed by atoms with Crippen molar-refractivity contribution in [3.63, 3.8) is 0 Å². The third-order valence-corrected chi connectivity index (χ3v) is 3.69. The molecule has 10 nitrogen and oxygen atoms in total. The second kappa shape index (κ2) is 10.5. The summed E-state index contributed by atoms with van der Waals surface area (Å²) in [6.45, 7) is 1.77. The summed E-state index contributed by atoms with van der Waals surface area (Å²) in [5.41, 5.74) is 5.41. The maximum atomic E-state index is 11.3. The molecule has 0 aromatic carbocycles. The number of carboxylic acids is 2. The van der Waals surface area contributed by atoms with Gasteiger partial charge in [-0.2, -0.15) is 0 Å². The fourth-order valence-corrected chi connectivity index (χ4v) is 2.31. The maximum absolute atomic E-state index is 11.3. The lowest BCUT2D eigenvalue weighted by atomic mass is 10.1. The second-order valence-corrected chi connectivity index (χ2v) is 5.58. The number of hydrogen-bond acceptors (Lipinski definition) is 8. The molecule has 0 aromatic heterocycles. The first-order chi connectivity index (χ1) is 10.9. The molecule has 0 saturated carbocycles. The molecule has 134 valence electrons. The molecule has 4 atom stereocenters. The minimum absolute atomic E-state index is 0.0137. The number of aliphatic carboxylic acids is 2. The zero-order chi connectivity index (χ0) is 17.2. The molecular formula is C13H27N5O5. The highest BCUT2D eigenvalue weighted by Gasteiger charge is 2.24. The third-order valence-electron chi connectivity index (χ3n) is 3.69. The van der Waals surface area contributed by atoms with E-state index in [0.717, 1.165) is 0 Å². The predicted molar refractivity (Wildman–Crippen MR) is 83.2 cm³/mol. The molecule has 0 amide bonds. The first kappa shape index (κ1) is 19.7. The molecule has 0 aromatic rings. The fourth-order valence-electron chi connectivity index (χ4n) is 2.31. The van der Waals surface area contributed by atoms with Crippen LogP contribution in [0.3, 0.4) is 0 Å². The van der Waals surface area contributed by atoms with Gasteiger partial charge in [-0.25, -0.2) is 0 Å². The Kier molecular flexibility index (Phi) is 8.99. The van der Waals surface area contributed by atoms with Crippen LogP contribution in [-0.4, -0.2) is 90.8 Å². The standard InChI is InChI=1S/C13H27N5O5/c14-4-9(19)3-8-5-17-11(13(22)23)7-18-10(12(20)21)6-15-1-2-16-8/h8-11,15-19H,1-7,14H2,(H,20,21)(H,22,23). The van der Waals surface area contributed by atoms with Gasteiger partial charge in [-0.1, -0.05) is 0 Å². The van der Waals surface area contributed by atoms with Crippen LogP contribution in [0.15, 0.2) is 0 Å². The van der Waals surface area contributed by atoms with Crippen molar-refractivity contribution in [3.8, 4) is 0 Å². The lowest BCUT2D eigenvalue weighted by molar-refractivity contribution is -0.142. The van der Waals surface area contributed by atoms with Gasteiger partial charge in [0.2, 0.25) is 0 Å². The molecule has 1 aliphatic rings. The van der Waals surface area contributed by atoms with E-state index in [0.29, 0.717) is 26.1 Å². The minimum Gasteiger partial charge on any atom is -0.480 e. The minimum atomic E-state index is -1.07. The van der Waals surface area contributed by atoms with Crippen molar-refractivity contribution in [2.45, 2.75) is 30.7 Å². The number of carbonyl (C=O) groups is 2. The Morgan fingerprint density at radius 3 is 2.22 bits per heavy atom. The molecule has 1 heterocycles. The first-order valence-electron chi connectivity index (χ1n) is 7.68. The number of nitrogens with one attached hydrogen (secondary N) is 4. The number of hydrogen-bond donors (Lipinski definition) is 8. The van der Waals surface area contributed by atoms with Crippen molar-refractivity contribution in [1.29, 1.82) is 0 Å². The molecule has 0 aliphatic carbocycles. The lowest BCUT2D eigenvalue weighted by Gasteiger charge is -2.26. The van der Waals surface area contributed by atoms with E-state index in [-0.39, 0.29) is 25.7 Å². The van der Waals surface area contributed by atoms with Crippen LogP contribution in [0.1, 0.15) is 6.42 Å². The van der Waals surface area contributed by atoms with Gasteiger partial charge in [0.15, 0.2) is 0 Å². The van der Waals surface area contributed by atoms with Crippen molar-refractivity contribution in [3.05, 3.63) is 0 Å². The second-order valence-electron chi connectivity index (χ2n) is 5.58. The van der Waals surface area contributed by atoms with Gasteiger partial charge in [0.25, 0.3) is 0 Å². The number of nitrogens with two attached hydrogens (primary N) is 1. The number of rotatable bonds is 5. The molecule has 23 heavy (non-hydrogen) atoms. The van der Waals surface area contributed by atoms with Crippen molar-refractivity contribution < 1.29 is 24.9 Å². The smallest absolute Gasteiger partial charge is 0.322 e. The van der Waals surface area contributed by atoms with Gasteiger partial charge in [-0.05, 0) is 6.42 Å². The molecule has 1 rings (SSSR count). The first-order valence-corrected chi connectivity index (χ1v) is 7.68. The Hall–Kier alpha value is -1.30. The van der Waals surface area contributed by atoms with E-state index in [4.69, 9.17) is 10.8 Å². The van der Waals surface area contributed by atoms with Crippen LogP contribution in [0.4, 0.5) is 0 Å². The summed E-state index contributed by atoms with van der Waals surface area (Å²) in [4.78, 5) is 22.4. The molecule has 10 heteroatoms. The Balaban J connectivity index is 2.67. The van der Waals surface area contributed by atoms with E-state index in [1.807, 2.05) is 0 Å². The summed E-state index contributed by atoms with van der Waals surface area (Å²) in [5.74, 6) is -2.10. The van der Waals surface area contributed by atoms with Gasteiger partial charge in [0.1, 0.15) is 12.1 Å². The van der Waals surface area contributed by atoms with Gasteiger partial charge >= 0.3 is 11.9 Å². The van der Waals surface area contributed by atoms with Gasteiger partial charge in [0, 0.05) is 45.3 Å². The van der Waals surface area contributed by atoms with Crippen molar-refractivity contribution in [1.82, 2.24) is 21.3 Å². The van der Waals surface area contributed by atoms with E-state index in [2.05, 4.69) is 21.3 Å². The number of aliphatic hydroxyl groups is 1. The largest absolute Gasteiger partial charge is 0.480 e. The van der Waals surface area contributed by atoms with Crippen molar-refractivity contribution in [2.75, 3.05) is 39.3 Å². The van der Waals surface area contributed by atoms with E-state index in [9.17, 15) is 19.8 Å². The Labute approximate surface area is 134 Å². The summed E-state index contributed by atoms with van der Waals surface area (Å²) in [5, 5.41) is 39.8. The number of carboxylic acid groups (broad SMARTS) is 2. The summed E-state index contributed by atoms with van der Waals surface area (Å²) in [6, 6.07) is -1.91. The fraction of sp³-hybridized carbons (Fsp3) is 0.846. The molecule has 1 fully saturated rings. The van der Waals surface area contributed by atoms with E-state index < -0.39 is 30.1 Å². The van der Waals surface area contributed by atoms with E-state index in [1.54, 1.807) is 0 Å². The Morgan fingerprint density at radius 1 is 1.00 bits per heavy atom. The topological polar surface area (TPSA) is 169 Å². The Morgan fingerprint density at radius 2 is 1.61 bits per heavy atom. The highest BCUT2D eigenvalue weighted by molar-refractivity contribution is 5.75. The Bertz CT molecular complexity index is 384. The zero-order valence-electron chi connectivity index (χ0n) is 13.0. The van der Waals surface area contributed by atoms with Crippen molar-refractivity contribution in [2.24, 2.45) is 5.73 Å². The summed E-state index contributed by atoms with van der Waals surface area (Å²) in [7, 11) is 0. The highest BCUT2D eigenvalue weighted by atomic mass is 16.4. The molecule has 4 unspecified atom stereocenters. The molecule has 0 spiro atoms. The van der Waals surface area contributed by atoms with Crippen LogP contribution in [0.5, 0.6) is 0 Å². The summed E-state index contributed by atoms with van der Waals surface area (Å²) < 4.78 is 0. The average molecular weight is 333 g/mol. The van der Waals surface area contributed by atoms with Gasteiger partial charge in [0.05, 0.1) is 6.10 Å². The summed E-state index contributed by atoms with van der Waals surface area (Å²) >= 11 is 0. The lowest BCUT2D eigenvalue weighted by Crippen LogP contribution is -2.56. The average Bonchev–Trinajstić information content (AvgIpc) is 2.49. The molecule has 0 bridgehead atoms. The van der Waals surface area contributed by atoms with Gasteiger partial charge in [-0.3, -0.25) is 9.59 Å². The number of aliphatic hydroxyl groups excluding tert-OH is 1. The van der Waals surface area contributed by atoms with Gasteiger partial charge < -0.3 is 42.3 Å². The van der Waals surface area contributed by atoms with Crippen LogP contribution in [-0.2, 0) is 9.59 Å². The molecule has 0 radical (unpaired) electrons. The van der Waals surface area contributed by atoms with E-state index in [1.165, 1.54) is 0 Å². The van der Waals surface area contributed by atoms with E-state index >= 15 is 0 Å². The molecule has 1 aliphatic heterocycles. The van der Waals surface area contributed by atoms with Crippen LogP contribution in [0.2, 0.25) is 0 Å². The van der Waals surface area contributed by atoms with Crippen molar-refractivity contribution >= 4 is 11.9 Å². The monoisotopic (exact) mass is 333 g/mol. The maximum Gasteiger partial charge on any atom is 0.322 e. The van der Waals surface area contributed by atoms with Crippen LogP contribution < -0.4 is 27.0 Å². The van der Waals surface area contributed by atoms with Crippen LogP contribution in [0, 0.1) is 0 Å². The van der Waals surface area contributed by atoms with Crippen LogP contribution >= 0.6 is 0 Å². The predicted octanol–water partition coefficient (Wildman–Crippen LogP) is -3.66. The third kappa shape index (κ3) is 7.68. The quantitative estimate of drug-likeness (QED) is 0.251. The van der Waals surface area contributed by atoms with Crippen LogP contribution in [0.25, 0.3) is 0 Å². The summed E-state index contributed by atoms with van der Waals surface area (Å²) in [6.07, 6.45) is -0.256. The SMILES string of the molecule is NCC(O)CC1CNC(C(=O)O)CNC(C(=O)O)CNCCN1. The zero-order valence-corrected chi connectivity index (χ0v) is 13.0. The van der Waals surface area contributed by atoms with Gasteiger partial charge in [-0.15, -0.1) is 0 Å². The molecular weight excluding hydrogens is 306 g/mol.